The van der Waals surface area contributed by atoms with Crippen LogP contribution >= 0.6 is 23.5 Å². The maximum absolute atomic E-state index is 12.5. The van der Waals surface area contributed by atoms with Crippen LogP contribution in [0.1, 0.15) is 5.56 Å². The van der Waals surface area contributed by atoms with Crippen molar-refractivity contribution in [3.63, 3.8) is 0 Å². The van der Waals surface area contributed by atoms with Gasteiger partial charge in [0.1, 0.15) is 21.6 Å². The van der Waals surface area contributed by atoms with Gasteiger partial charge in [0.15, 0.2) is 0 Å². The molecule has 0 aliphatic rings. The van der Waals surface area contributed by atoms with Crippen LogP contribution in [0.4, 0.5) is 5.69 Å². The number of carbonyl (C=O) groups is 1. The molecule has 2 aromatic carbocycles. The van der Waals surface area contributed by atoms with Gasteiger partial charge in [-0.15, -0.1) is 0 Å². The molecule has 3 rings (SSSR count). The lowest BCUT2D eigenvalue weighted by Gasteiger charge is -2.12. The summed E-state index contributed by atoms with van der Waals surface area (Å²) < 4.78 is 10.5. The molecule has 0 aliphatic heterocycles. The van der Waals surface area contributed by atoms with Crippen molar-refractivity contribution in [2.45, 2.75) is 21.9 Å². The van der Waals surface area contributed by atoms with Crippen LogP contribution in [0.25, 0.3) is 0 Å². The van der Waals surface area contributed by atoms with E-state index in [1.165, 1.54) is 17.3 Å². The minimum atomic E-state index is -0.157. The number of thioether (sulfide) groups is 1. The van der Waals surface area contributed by atoms with E-state index in [1.54, 1.807) is 56.6 Å². The van der Waals surface area contributed by atoms with Crippen molar-refractivity contribution in [2.24, 2.45) is 0 Å². The Morgan fingerprint density at radius 1 is 1.03 bits per heavy atom. The van der Waals surface area contributed by atoms with Crippen molar-refractivity contribution in [1.29, 1.82) is 0 Å². The number of aromatic nitrogens is 2. The Kier molecular flexibility index (Phi) is 7.37. The van der Waals surface area contributed by atoms with E-state index in [0.717, 1.165) is 14.9 Å². The fourth-order valence-corrected chi connectivity index (χ4v) is 4.27. The van der Waals surface area contributed by atoms with Crippen LogP contribution in [-0.2, 0) is 4.79 Å². The molecule has 0 saturated heterocycles. The number of methoxy groups -OCH3 is 2. The SMILES string of the molecule is COc1ccc(NC(=O)CSc2nccnc2Sc2ccccc2C)c(OC)c1. The minimum Gasteiger partial charge on any atom is -0.497 e. The molecule has 29 heavy (non-hydrogen) atoms. The van der Waals surface area contributed by atoms with Crippen LogP contribution in [0.5, 0.6) is 11.5 Å². The van der Waals surface area contributed by atoms with E-state index >= 15 is 0 Å². The summed E-state index contributed by atoms with van der Waals surface area (Å²) in [7, 11) is 3.13. The molecule has 1 aromatic heterocycles. The molecule has 0 saturated carbocycles. The highest BCUT2D eigenvalue weighted by atomic mass is 32.2. The van der Waals surface area contributed by atoms with E-state index in [0.29, 0.717) is 17.2 Å². The van der Waals surface area contributed by atoms with Gasteiger partial charge in [-0.2, -0.15) is 0 Å². The fraction of sp³-hybridized carbons (Fsp3) is 0.190. The minimum absolute atomic E-state index is 0.157. The van der Waals surface area contributed by atoms with E-state index in [4.69, 9.17) is 9.47 Å². The molecule has 0 bridgehead atoms. The summed E-state index contributed by atoms with van der Waals surface area (Å²) in [6.07, 6.45) is 3.29. The number of rotatable bonds is 8. The Labute approximate surface area is 178 Å². The zero-order valence-electron chi connectivity index (χ0n) is 16.3. The number of nitrogens with one attached hydrogen (secondary N) is 1. The maximum atomic E-state index is 12.5. The Bertz CT molecular complexity index is 998. The lowest BCUT2D eigenvalue weighted by molar-refractivity contribution is -0.113. The molecule has 6 nitrogen and oxygen atoms in total. The van der Waals surface area contributed by atoms with Crippen LogP contribution in [0.15, 0.2) is 69.8 Å². The normalized spacial score (nSPS) is 10.4. The van der Waals surface area contributed by atoms with Crippen molar-refractivity contribution in [2.75, 3.05) is 25.3 Å². The molecule has 1 heterocycles. The molecule has 0 aliphatic carbocycles. The molecule has 8 heteroatoms. The fourth-order valence-electron chi connectivity index (χ4n) is 2.48. The zero-order valence-corrected chi connectivity index (χ0v) is 18.0. The van der Waals surface area contributed by atoms with E-state index < -0.39 is 0 Å². The van der Waals surface area contributed by atoms with Crippen molar-refractivity contribution in [3.05, 3.63) is 60.4 Å². The van der Waals surface area contributed by atoms with Gasteiger partial charge in [0.2, 0.25) is 5.91 Å². The smallest absolute Gasteiger partial charge is 0.234 e. The monoisotopic (exact) mass is 427 g/mol. The van der Waals surface area contributed by atoms with Gasteiger partial charge in [0.25, 0.3) is 0 Å². The number of aryl methyl sites for hydroxylation is 1. The zero-order chi connectivity index (χ0) is 20.6. The lowest BCUT2D eigenvalue weighted by atomic mass is 10.2. The van der Waals surface area contributed by atoms with Crippen LogP contribution < -0.4 is 14.8 Å². The average molecular weight is 428 g/mol. The van der Waals surface area contributed by atoms with Gasteiger partial charge in [0.05, 0.1) is 25.7 Å². The number of hydrogen-bond donors (Lipinski definition) is 1. The molecule has 150 valence electrons. The number of hydrogen-bond acceptors (Lipinski definition) is 7. The highest BCUT2D eigenvalue weighted by Gasteiger charge is 2.13. The predicted octanol–water partition coefficient (Wildman–Crippen LogP) is 4.68. The van der Waals surface area contributed by atoms with Gasteiger partial charge < -0.3 is 14.8 Å². The first kappa shape index (κ1) is 21.0. The van der Waals surface area contributed by atoms with Gasteiger partial charge >= 0.3 is 0 Å². The summed E-state index contributed by atoms with van der Waals surface area (Å²) in [4.78, 5) is 22.4. The summed E-state index contributed by atoms with van der Waals surface area (Å²) in [6, 6.07) is 13.3. The summed E-state index contributed by atoms with van der Waals surface area (Å²) in [5, 5.41) is 4.37. The van der Waals surface area contributed by atoms with Crippen LogP contribution in [0.3, 0.4) is 0 Å². The van der Waals surface area contributed by atoms with E-state index in [2.05, 4.69) is 28.3 Å². The third kappa shape index (κ3) is 5.65. The van der Waals surface area contributed by atoms with Crippen molar-refractivity contribution in [1.82, 2.24) is 9.97 Å². The number of ether oxygens (including phenoxy) is 2. The molecule has 0 spiro atoms. The molecule has 0 atom stereocenters. The molecule has 0 radical (unpaired) electrons. The second-order valence-electron chi connectivity index (χ2n) is 5.94. The highest BCUT2D eigenvalue weighted by Crippen LogP contribution is 2.34. The number of benzene rings is 2. The Morgan fingerprint density at radius 2 is 1.79 bits per heavy atom. The molecule has 3 aromatic rings. The molecular formula is C21H21N3O3S2. The predicted molar refractivity (Wildman–Crippen MR) is 116 cm³/mol. The quantitative estimate of drug-likeness (QED) is 0.523. The average Bonchev–Trinajstić information content (AvgIpc) is 2.75. The number of anilines is 1. The van der Waals surface area contributed by atoms with Crippen LogP contribution in [-0.4, -0.2) is 35.8 Å². The maximum Gasteiger partial charge on any atom is 0.234 e. The Hall–Kier alpha value is -2.71. The van der Waals surface area contributed by atoms with Crippen LogP contribution in [0, 0.1) is 6.92 Å². The topological polar surface area (TPSA) is 73.3 Å². The molecular weight excluding hydrogens is 406 g/mol. The van der Waals surface area contributed by atoms with Gasteiger partial charge in [-0.05, 0) is 30.7 Å². The van der Waals surface area contributed by atoms with Gasteiger partial charge in [-0.1, -0.05) is 41.7 Å². The van der Waals surface area contributed by atoms with Gasteiger partial charge in [-0.25, -0.2) is 9.97 Å². The molecule has 1 N–H and O–H groups in total. The standard InChI is InChI=1S/C21H21N3O3S2/c1-14-6-4-5-7-18(14)29-21-20(22-10-11-23-21)28-13-19(25)24-16-9-8-15(26-2)12-17(16)27-3/h4-12H,13H2,1-3H3,(H,24,25). The summed E-state index contributed by atoms with van der Waals surface area (Å²) in [5.41, 5.74) is 1.76. The van der Waals surface area contributed by atoms with Gasteiger partial charge in [-0.3, -0.25) is 4.79 Å². The van der Waals surface area contributed by atoms with Crippen molar-refractivity contribution < 1.29 is 14.3 Å². The molecule has 1 amide bonds. The summed E-state index contributed by atoms with van der Waals surface area (Å²) >= 11 is 2.90. The number of amides is 1. The number of nitrogens with zero attached hydrogens (tertiary/aromatic N) is 2. The van der Waals surface area contributed by atoms with E-state index in [1.807, 2.05) is 18.2 Å². The van der Waals surface area contributed by atoms with Gasteiger partial charge in [0, 0.05) is 23.4 Å². The van der Waals surface area contributed by atoms with E-state index in [-0.39, 0.29) is 11.7 Å². The molecule has 0 unspecified atom stereocenters. The van der Waals surface area contributed by atoms with E-state index in [9.17, 15) is 4.79 Å². The van der Waals surface area contributed by atoms with Crippen molar-refractivity contribution >= 4 is 35.1 Å². The number of carbonyl (C=O) groups excluding carboxylic acids is 1. The third-order valence-corrected chi connectivity index (χ3v) is 6.23. The first-order chi connectivity index (χ1) is 14.1. The summed E-state index contributed by atoms with van der Waals surface area (Å²) in [5.74, 6) is 1.25. The van der Waals surface area contributed by atoms with Crippen LogP contribution in [0.2, 0.25) is 0 Å². The second-order valence-corrected chi connectivity index (χ2v) is 7.93. The summed E-state index contributed by atoms with van der Waals surface area (Å²) in [6.45, 7) is 2.06. The Morgan fingerprint density at radius 3 is 2.52 bits per heavy atom. The van der Waals surface area contributed by atoms with Crippen molar-refractivity contribution in [3.8, 4) is 11.5 Å². The highest BCUT2D eigenvalue weighted by molar-refractivity contribution is 8.02. The third-order valence-electron chi connectivity index (χ3n) is 3.96. The second kappa shape index (κ2) is 10.2. The largest absolute Gasteiger partial charge is 0.497 e. The first-order valence-corrected chi connectivity index (χ1v) is 10.6. The lowest BCUT2D eigenvalue weighted by Crippen LogP contribution is -2.15. The first-order valence-electron chi connectivity index (χ1n) is 8.80. The Balaban J connectivity index is 1.66. The molecule has 0 fully saturated rings.